The Morgan fingerprint density at radius 3 is 2.47 bits per heavy atom. The molecule has 0 spiro atoms. The van der Waals surface area contributed by atoms with Crippen LogP contribution in [0.4, 0.5) is 5.69 Å². The monoisotopic (exact) mass is 445 g/mol. The minimum atomic E-state index is 0.0866. The highest BCUT2D eigenvalue weighted by Gasteiger charge is 2.29. The quantitative estimate of drug-likeness (QED) is 0.278. The number of amides is 1. The second-order valence-electron chi connectivity index (χ2n) is 9.23. The third-order valence-corrected chi connectivity index (χ3v) is 7.35. The number of benzene rings is 5. The number of anilines is 1. The first kappa shape index (κ1) is 20.7. The Bertz CT molecular complexity index is 1570. The summed E-state index contributed by atoms with van der Waals surface area (Å²) in [5.74, 6) is 0.911. The number of rotatable bonds is 3. The van der Waals surface area contributed by atoms with Crippen LogP contribution in [0.25, 0.3) is 32.3 Å². The second kappa shape index (κ2) is 8.18. The van der Waals surface area contributed by atoms with Gasteiger partial charge in [-0.1, -0.05) is 60.7 Å². The van der Waals surface area contributed by atoms with Gasteiger partial charge in [-0.3, -0.25) is 4.79 Å². The number of ether oxygens (including phenoxy) is 1. The van der Waals surface area contributed by atoms with Crippen LogP contribution in [0.2, 0.25) is 0 Å². The van der Waals surface area contributed by atoms with Crippen molar-refractivity contribution in [1.82, 2.24) is 0 Å². The molecule has 0 radical (unpaired) electrons. The minimum absolute atomic E-state index is 0.0866. The molecule has 0 aliphatic heterocycles. The van der Waals surface area contributed by atoms with Crippen molar-refractivity contribution < 1.29 is 9.53 Å². The smallest absolute Gasteiger partial charge is 0.224 e. The van der Waals surface area contributed by atoms with Crippen molar-refractivity contribution in [3.63, 3.8) is 0 Å². The van der Waals surface area contributed by atoms with Gasteiger partial charge in [0.2, 0.25) is 5.91 Å². The Morgan fingerprint density at radius 2 is 1.62 bits per heavy atom. The van der Waals surface area contributed by atoms with Crippen LogP contribution in [0.1, 0.15) is 24.5 Å². The molecule has 3 heteroatoms. The SMILES string of the molecule is COc1ccc2c(N(C(C)=O)C3CCc4c(ccc5c4ccc4ccccc45)C3)cccc2c1. The number of hydrogen-bond donors (Lipinski definition) is 0. The number of fused-ring (bicyclic) bond motifs is 6. The molecule has 34 heavy (non-hydrogen) atoms. The van der Waals surface area contributed by atoms with Gasteiger partial charge < -0.3 is 9.64 Å². The molecule has 6 rings (SSSR count). The summed E-state index contributed by atoms with van der Waals surface area (Å²) >= 11 is 0. The van der Waals surface area contributed by atoms with E-state index in [1.807, 2.05) is 23.1 Å². The van der Waals surface area contributed by atoms with Crippen LogP contribution in [-0.4, -0.2) is 19.1 Å². The topological polar surface area (TPSA) is 29.5 Å². The lowest BCUT2D eigenvalue weighted by atomic mass is 9.83. The number of carbonyl (C=O) groups excluding carboxylic acids is 1. The lowest BCUT2D eigenvalue weighted by Crippen LogP contribution is -2.42. The zero-order valence-electron chi connectivity index (χ0n) is 19.5. The summed E-state index contributed by atoms with van der Waals surface area (Å²) in [5.41, 5.74) is 3.77. The van der Waals surface area contributed by atoms with E-state index in [1.165, 1.54) is 32.7 Å². The zero-order chi connectivity index (χ0) is 23.2. The summed E-state index contributed by atoms with van der Waals surface area (Å²) in [6, 6.07) is 30.0. The minimum Gasteiger partial charge on any atom is -0.497 e. The predicted octanol–water partition coefficient (Wildman–Crippen LogP) is 7.07. The molecule has 5 aromatic rings. The van der Waals surface area contributed by atoms with Gasteiger partial charge in [0.25, 0.3) is 0 Å². The molecule has 1 atom stereocenters. The summed E-state index contributed by atoms with van der Waals surface area (Å²) in [6.45, 7) is 1.68. The van der Waals surface area contributed by atoms with Gasteiger partial charge in [-0.25, -0.2) is 0 Å². The summed E-state index contributed by atoms with van der Waals surface area (Å²) in [5, 5.41) is 7.41. The molecule has 1 unspecified atom stereocenters. The van der Waals surface area contributed by atoms with Gasteiger partial charge in [0, 0.05) is 18.4 Å². The van der Waals surface area contributed by atoms with Crippen molar-refractivity contribution in [1.29, 1.82) is 0 Å². The van der Waals surface area contributed by atoms with Crippen molar-refractivity contribution in [2.24, 2.45) is 0 Å². The van der Waals surface area contributed by atoms with Crippen molar-refractivity contribution in [2.45, 2.75) is 32.2 Å². The van der Waals surface area contributed by atoms with Gasteiger partial charge in [-0.05, 0) is 81.6 Å². The molecule has 5 aromatic carbocycles. The third kappa shape index (κ3) is 3.31. The molecule has 1 aliphatic rings. The highest BCUT2D eigenvalue weighted by Crippen LogP contribution is 2.37. The Morgan fingerprint density at radius 1 is 0.824 bits per heavy atom. The maximum atomic E-state index is 13.0. The lowest BCUT2D eigenvalue weighted by Gasteiger charge is -2.36. The number of hydrogen-bond acceptors (Lipinski definition) is 2. The summed E-state index contributed by atoms with van der Waals surface area (Å²) < 4.78 is 5.41. The number of methoxy groups -OCH3 is 1. The number of carbonyl (C=O) groups is 1. The molecule has 0 saturated heterocycles. The largest absolute Gasteiger partial charge is 0.497 e. The van der Waals surface area contributed by atoms with Gasteiger partial charge in [0.15, 0.2) is 0 Å². The standard InChI is InChI=1S/C31H27NO2/c1-20(33)32(31-9-5-7-22-19-25(34-2)13-17-28(22)31)24-12-16-27-23(18-24)11-15-29-26-8-4-3-6-21(26)10-14-30(27)29/h3-11,13-15,17,19,24H,12,16,18H2,1-2H3. The fourth-order valence-electron chi connectivity index (χ4n) is 5.77. The number of aryl methyl sites for hydroxylation is 1. The molecule has 0 aromatic heterocycles. The first-order valence-electron chi connectivity index (χ1n) is 11.9. The first-order chi connectivity index (χ1) is 16.6. The average Bonchev–Trinajstić information content (AvgIpc) is 2.87. The maximum absolute atomic E-state index is 13.0. The second-order valence-corrected chi connectivity index (χ2v) is 9.23. The van der Waals surface area contributed by atoms with Crippen molar-refractivity contribution >= 4 is 43.9 Å². The van der Waals surface area contributed by atoms with E-state index in [9.17, 15) is 4.79 Å². The van der Waals surface area contributed by atoms with E-state index in [-0.39, 0.29) is 11.9 Å². The van der Waals surface area contributed by atoms with E-state index in [0.29, 0.717) is 0 Å². The van der Waals surface area contributed by atoms with Crippen molar-refractivity contribution in [3.8, 4) is 5.75 Å². The molecule has 3 nitrogen and oxygen atoms in total. The van der Waals surface area contributed by atoms with Gasteiger partial charge in [-0.15, -0.1) is 0 Å². The first-order valence-corrected chi connectivity index (χ1v) is 11.9. The molecule has 0 saturated carbocycles. The highest BCUT2D eigenvalue weighted by atomic mass is 16.5. The van der Waals surface area contributed by atoms with Gasteiger partial charge in [-0.2, -0.15) is 0 Å². The van der Waals surface area contributed by atoms with Gasteiger partial charge >= 0.3 is 0 Å². The van der Waals surface area contributed by atoms with Crippen LogP contribution in [0.3, 0.4) is 0 Å². The lowest BCUT2D eigenvalue weighted by molar-refractivity contribution is -0.117. The predicted molar refractivity (Wildman–Crippen MR) is 141 cm³/mol. The van der Waals surface area contributed by atoms with Gasteiger partial charge in [0.1, 0.15) is 5.75 Å². The van der Waals surface area contributed by atoms with Gasteiger partial charge in [0.05, 0.1) is 12.8 Å². The Balaban J connectivity index is 1.42. The van der Waals surface area contributed by atoms with E-state index in [1.54, 1.807) is 14.0 Å². The molecule has 0 bridgehead atoms. The van der Waals surface area contributed by atoms with E-state index in [4.69, 9.17) is 4.74 Å². The summed E-state index contributed by atoms with van der Waals surface area (Å²) in [7, 11) is 1.68. The molecular formula is C31H27NO2. The third-order valence-electron chi connectivity index (χ3n) is 7.35. The molecule has 0 N–H and O–H groups in total. The van der Waals surface area contributed by atoms with E-state index < -0.39 is 0 Å². The molecule has 1 amide bonds. The van der Waals surface area contributed by atoms with Crippen LogP contribution >= 0.6 is 0 Å². The van der Waals surface area contributed by atoms with Crippen molar-refractivity contribution in [2.75, 3.05) is 12.0 Å². The molecule has 168 valence electrons. The fourth-order valence-corrected chi connectivity index (χ4v) is 5.77. The van der Waals surface area contributed by atoms with Crippen molar-refractivity contribution in [3.05, 3.63) is 96.1 Å². The average molecular weight is 446 g/mol. The van der Waals surface area contributed by atoms with Crippen LogP contribution < -0.4 is 9.64 Å². The highest BCUT2D eigenvalue weighted by molar-refractivity contribution is 6.09. The van der Waals surface area contributed by atoms with Crippen LogP contribution in [0, 0.1) is 0 Å². The Hall–Kier alpha value is -3.85. The Labute approximate surface area is 199 Å². The van der Waals surface area contributed by atoms with E-state index in [2.05, 4.69) is 66.7 Å². The molecule has 0 fully saturated rings. The van der Waals surface area contributed by atoms with Crippen LogP contribution in [-0.2, 0) is 17.6 Å². The fraction of sp³-hybridized carbons (Fsp3) is 0.194. The Kier molecular flexibility index (Phi) is 4.99. The molecule has 0 heterocycles. The van der Waals surface area contributed by atoms with E-state index in [0.717, 1.165) is 41.5 Å². The van der Waals surface area contributed by atoms with Crippen LogP contribution in [0.15, 0.2) is 84.9 Å². The molecule has 1 aliphatic carbocycles. The number of nitrogens with zero attached hydrogens (tertiary/aromatic N) is 1. The summed E-state index contributed by atoms with van der Waals surface area (Å²) in [4.78, 5) is 15.0. The zero-order valence-corrected chi connectivity index (χ0v) is 19.5. The summed E-state index contributed by atoms with van der Waals surface area (Å²) in [6.07, 6.45) is 2.79. The van der Waals surface area contributed by atoms with E-state index >= 15 is 0 Å². The van der Waals surface area contributed by atoms with Crippen LogP contribution in [0.5, 0.6) is 5.75 Å². The molecular weight excluding hydrogens is 418 g/mol. The maximum Gasteiger partial charge on any atom is 0.224 e. The normalized spacial score (nSPS) is 15.4.